The molecule has 0 heterocycles. The van der Waals surface area contributed by atoms with Crippen molar-refractivity contribution in [1.29, 1.82) is 0 Å². The lowest BCUT2D eigenvalue weighted by molar-refractivity contribution is -0.581. The number of alkyl halides is 3. The van der Waals surface area contributed by atoms with Crippen LogP contribution in [0.2, 0.25) is 0 Å². The highest BCUT2D eigenvalue weighted by Crippen LogP contribution is 3.05. The molecule has 6 fully saturated rings. The van der Waals surface area contributed by atoms with E-state index < -0.39 is 11.7 Å². The molecule has 104 valence electrons. The van der Waals surface area contributed by atoms with Crippen LogP contribution in [0.5, 0.6) is 0 Å². The third-order valence-electron chi connectivity index (χ3n) is 7.47. The number of nitrogen functional groups attached to an aromatic ring is 2. The smallest absolute Gasteiger partial charge is 0.398 e. The number of hydrogen-bond donors (Lipinski definition) is 2. The third-order valence-corrected chi connectivity index (χ3v) is 7.47. The van der Waals surface area contributed by atoms with Gasteiger partial charge in [0.25, 0.3) is 0 Å². The van der Waals surface area contributed by atoms with Gasteiger partial charge in [0, 0.05) is 16.8 Å². The van der Waals surface area contributed by atoms with Crippen molar-refractivity contribution >= 4 is 11.4 Å². The molecule has 0 atom stereocenters. The molecular formula is C15H13F3N2. The summed E-state index contributed by atoms with van der Waals surface area (Å²) >= 11 is 0. The minimum atomic E-state index is -4.40. The monoisotopic (exact) mass is 278 g/mol. The van der Waals surface area contributed by atoms with Crippen LogP contribution in [0.15, 0.2) is 12.1 Å². The molecule has 7 rings (SSSR count). The molecule has 0 amide bonds. The summed E-state index contributed by atoms with van der Waals surface area (Å²) in [4.78, 5) is 0. The van der Waals surface area contributed by atoms with E-state index in [4.69, 9.17) is 11.5 Å². The minimum Gasteiger partial charge on any atom is -0.398 e. The molecule has 2 nitrogen and oxygen atoms in total. The van der Waals surface area contributed by atoms with Gasteiger partial charge in [-0.1, -0.05) is 0 Å². The highest BCUT2D eigenvalue weighted by molar-refractivity contribution is 5.70. The van der Waals surface area contributed by atoms with E-state index in [2.05, 4.69) is 0 Å². The van der Waals surface area contributed by atoms with E-state index in [1.165, 1.54) is 12.1 Å². The van der Waals surface area contributed by atoms with Gasteiger partial charge in [0.15, 0.2) is 0 Å². The predicted molar refractivity (Wildman–Crippen MR) is 66.4 cm³/mol. The molecule has 4 N–H and O–H groups in total. The molecule has 1 aromatic carbocycles. The van der Waals surface area contributed by atoms with Gasteiger partial charge < -0.3 is 11.5 Å². The van der Waals surface area contributed by atoms with Crippen LogP contribution < -0.4 is 11.5 Å². The number of anilines is 2. The van der Waals surface area contributed by atoms with Crippen LogP contribution >= 0.6 is 0 Å². The SMILES string of the molecule is Nc1cc(N)c(C23C4C5C6C4C2C6C53)cc1C(F)(F)F. The maximum atomic E-state index is 13.1. The number of halogens is 3. The van der Waals surface area contributed by atoms with Crippen LogP contribution in [0.3, 0.4) is 0 Å². The summed E-state index contributed by atoms with van der Waals surface area (Å²) in [7, 11) is 0. The van der Waals surface area contributed by atoms with Gasteiger partial charge in [-0.2, -0.15) is 13.2 Å². The number of nitrogens with two attached hydrogens (primary N) is 2. The Morgan fingerprint density at radius 3 is 1.90 bits per heavy atom. The molecule has 0 saturated heterocycles. The Hall–Kier alpha value is -1.39. The van der Waals surface area contributed by atoms with Crippen molar-refractivity contribution in [1.82, 2.24) is 0 Å². The van der Waals surface area contributed by atoms with Crippen molar-refractivity contribution in [3.8, 4) is 0 Å². The lowest BCUT2D eigenvalue weighted by Crippen LogP contribution is -3.06. The number of hydrogen-bond acceptors (Lipinski definition) is 2. The summed E-state index contributed by atoms with van der Waals surface area (Å²) < 4.78 is 39.2. The van der Waals surface area contributed by atoms with Crippen molar-refractivity contribution in [2.75, 3.05) is 11.5 Å². The Morgan fingerprint density at radius 1 is 0.850 bits per heavy atom. The van der Waals surface area contributed by atoms with Gasteiger partial charge in [-0.05, 0) is 59.1 Å². The van der Waals surface area contributed by atoms with Gasteiger partial charge in [-0.3, -0.25) is 0 Å². The van der Waals surface area contributed by atoms with Gasteiger partial charge in [-0.25, -0.2) is 0 Å². The molecule has 0 radical (unpaired) electrons. The number of rotatable bonds is 1. The molecule has 6 aliphatic carbocycles. The average Bonchev–Trinajstić information content (AvgIpc) is 2.37. The highest BCUT2D eigenvalue weighted by Gasteiger charge is 3.04. The summed E-state index contributed by atoms with van der Waals surface area (Å²) in [5.41, 5.74) is 11.8. The van der Waals surface area contributed by atoms with Crippen LogP contribution in [0.25, 0.3) is 0 Å². The second-order valence-electron chi connectivity index (χ2n) is 7.34. The Labute approximate surface area is 113 Å². The first kappa shape index (κ1) is 10.4. The van der Waals surface area contributed by atoms with Crippen LogP contribution in [-0.4, -0.2) is 0 Å². The van der Waals surface area contributed by atoms with Crippen molar-refractivity contribution in [3.05, 3.63) is 23.3 Å². The molecule has 0 spiro atoms. The zero-order valence-corrected chi connectivity index (χ0v) is 10.5. The van der Waals surface area contributed by atoms with Crippen molar-refractivity contribution in [3.63, 3.8) is 0 Å². The Kier molecular flexibility index (Phi) is 1.21. The Balaban J connectivity index is 1.53. The zero-order valence-electron chi connectivity index (χ0n) is 10.5. The predicted octanol–water partition coefficient (Wildman–Crippen LogP) is 2.49. The van der Waals surface area contributed by atoms with Crippen molar-refractivity contribution < 1.29 is 13.2 Å². The quantitative estimate of drug-likeness (QED) is 0.775. The zero-order chi connectivity index (χ0) is 13.8. The average molecular weight is 278 g/mol. The molecule has 6 aliphatic rings. The molecule has 20 heavy (non-hydrogen) atoms. The molecular weight excluding hydrogens is 265 g/mol. The first-order valence-corrected chi connectivity index (χ1v) is 7.17. The fourth-order valence-electron chi connectivity index (χ4n) is 7.22. The second kappa shape index (κ2) is 2.34. The minimum absolute atomic E-state index is 0.0204. The second-order valence-corrected chi connectivity index (χ2v) is 7.34. The van der Waals surface area contributed by atoms with Gasteiger partial charge in [0.2, 0.25) is 0 Å². The van der Waals surface area contributed by atoms with E-state index in [1.807, 2.05) is 0 Å². The largest absolute Gasteiger partial charge is 0.418 e. The molecule has 0 bridgehead atoms. The highest BCUT2D eigenvalue weighted by atomic mass is 19.4. The molecule has 1 aromatic rings. The summed E-state index contributed by atoms with van der Waals surface area (Å²) in [5, 5.41) is 0. The fraction of sp³-hybridized carbons (Fsp3) is 0.600. The standard InChI is InChI=1S/C15H13F3N2/c16-15(17,18)4-1-3(5(19)2-6(4)20)14-11-8-7-9(11)13(14)10(7)12(8)14/h1-2,7-13H,19-20H2. The van der Waals surface area contributed by atoms with E-state index in [0.29, 0.717) is 23.4 Å². The van der Waals surface area contributed by atoms with Gasteiger partial charge in [0.05, 0.1) is 5.56 Å². The third kappa shape index (κ3) is 0.623. The lowest BCUT2D eigenvalue weighted by atomic mass is 8.96. The van der Waals surface area contributed by atoms with Crippen LogP contribution in [-0.2, 0) is 11.6 Å². The summed E-state index contributed by atoms with van der Waals surface area (Å²) in [6, 6.07) is 2.58. The molecule has 6 saturated carbocycles. The maximum absolute atomic E-state index is 13.1. The van der Waals surface area contributed by atoms with E-state index in [1.54, 1.807) is 0 Å². The van der Waals surface area contributed by atoms with Crippen LogP contribution in [0.4, 0.5) is 24.5 Å². The van der Waals surface area contributed by atoms with Gasteiger partial charge in [0.1, 0.15) is 0 Å². The molecule has 0 unspecified atom stereocenters. The van der Waals surface area contributed by atoms with Crippen LogP contribution in [0.1, 0.15) is 11.1 Å². The van der Waals surface area contributed by atoms with Gasteiger partial charge in [-0.15, -0.1) is 0 Å². The summed E-state index contributed by atoms with van der Waals surface area (Å²) in [5.74, 6) is 5.32. The van der Waals surface area contributed by atoms with Crippen molar-refractivity contribution in [2.24, 2.45) is 41.4 Å². The van der Waals surface area contributed by atoms with Crippen LogP contribution in [0, 0.1) is 41.4 Å². The maximum Gasteiger partial charge on any atom is 0.418 e. The topological polar surface area (TPSA) is 52.0 Å². The molecule has 5 heteroatoms. The summed E-state index contributed by atoms with van der Waals surface area (Å²) in [6.07, 6.45) is -4.40. The van der Waals surface area contributed by atoms with E-state index >= 15 is 0 Å². The van der Waals surface area contributed by atoms with E-state index in [0.717, 1.165) is 29.2 Å². The fourth-order valence-corrected chi connectivity index (χ4v) is 7.22. The first-order chi connectivity index (χ1) is 9.40. The normalized spacial score (nSPS) is 54.9. The number of benzene rings is 1. The molecule has 0 aliphatic heterocycles. The Morgan fingerprint density at radius 2 is 1.40 bits per heavy atom. The molecule has 0 aromatic heterocycles. The van der Waals surface area contributed by atoms with E-state index in [-0.39, 0.29) is 11.1 Å². The van der Waals surface area contributed by atoms with E-state index in [9.17, 15) is 13.2 Å². The first-order valence-electron chi connectivity index (χ1n) is 7.17. The van der Waals surface area contributed by atoms with Crippen molar-refractivity contribution in [2.45, 2.75) is 11.6 Å². The Bertz CT molecular complexity index is 657. The van der Waals surface area contributed by atoms with Gasteiger partial charge >= 0.3 is 6.18 Å². The lowest BCUT2D eigenvalue weighted by Gasteiger charge is -3.08. The summed E-state index contributed by atoms with van der Waals surface area (Å²) in [6.45, 7) is 0.